The minimum atomic E-state index is -1.42. The number of halogens is 3. The molecule has 1 aliphatic rings. The fourth-order valence-corrected chi connectivity index (χ4v) is 5.31. The van der Waals surface area contributed by atoms with Crippen LogP contribution in [-0.2, 0) is 25.5 Å². The first-order valence-electron chi connectivity index (χ1n) is 13.0. The van der Waals surface area contributed by atoms with Gasteiger partial charge in [0.25, 0.3) is 0 Å². The van der Waals surface area contributed by atoms with Gasteiger partial charge in [-0.3, -0.25) is 4.79 Å². The predicted octanol–water partition coefficient (Wildman–Crippen LogP) is 2.45. The molecule has 0 bridgehead atoms. The number of carbonyl (C=O) groups excluding carboxylic acids is 3. The van der Waals surface area contributed by atoms with Crippen molar-refractivity contribution in [2.75, 3.05) is 13.2 Å². The summed E-state index contributed by atoms with van der Waals surface area (Å²) in [6, 6.07) is -3.81. The molecule has 1 saturated heterocycles. The lowest BCUT2D eigenvalue weighted by molar-refractivity contribution is -0.793. The summed E-state index contributed by atoms with van der Waals surface area (Å²) >= 11 is 0. The lowest BCUT2D eigenvalue weighted by Crippen LogP contribution is -2.64. The van der Waals surface area contributed by atoms with Crippen molar-refractivity contribution in [1.82, 2.24) is 4.90 Å². The van der Waals surface area contributed by atoms with E-state index >= 15 is 0 Å². The molecule has 1 aromatic carbocycles. The SMILES string of the molecule is CCC[C@@H](C(=O)OCC)N(C(=O)C[C@H](N)Cc1cc(F)c(F)cc1F)[C@H]1CC(C)[N+](C(=O)O)(C(=O)C(C)N)C1. The molecule has 1 fully saturated rings. The smallest absolute Gasteiger partial charge is 0.464 e. The molecule has 6 atom stereocenters. The van der Waals surface area contributed by atoms with Crippen LogP contribution in [0.25, 0.3) is 0 Å². The molecular weight excluding hydrogens is 521 g/mol. The number of carbonyl (C=O) groups is 4. The van der Waals surface area contributed by atoms with E-state index in [4.69, 9.17) is 16.2 Å². The first-order chi connectivity index (χ1) is 18.2. The number of quaternary nitrogens is 1. The lowest BCUT2D eigenvalue weighted by atomic mass is 10.00. The molecule has 3 unspecified atom stereocenters. The van der Waals surface area contributed by atoms with Crippen LogP contribution in [-0.4, -0.2) is 81.7 Å². The highest BCUT2D eigenvalue weighted by Gasteiger charge is 2.59. The molecule has 3 amide bonds. The Balaban J connectivity index is 2.45. The molecule has 0 saturated carbocycles. The van der Waals surface area contributed by atoms with Crippen molar-refractivity contribution < 1.29 is 46.7 Å². The second-order valence-electron chi connectivity index (χ2n) is 10.1. The van der Waals surface area contributed by atoms with Crippen molar-refractivity contribution >= 4 is 23.9 Å². The minimum absolute atomic E-state index is 0.0371. The van der Waals surface area contributed by atoms with Crippen molar-refractivity contribution in [3.05, 3.63) is 35.1 Å². The van der Waals surface area contributed by atoms with Gasteiger partial charge in [0.15, 0.2) is 11.6 Å². The number of nitrogens with zero attached hydrogens (tertiary/aromatic N) is 2. The number of rotatable bonds is 11. The van der Waals surface area contributed by atoms with E-state index in [0.29, 0.717) is 18.6 Å². The molecule has 1 aliphatic heterocycles. The molecule has 2 rings (SSSR count). The van der Waals surface area contributed by atoms with Crippen LogP contribution in [0.5, 0.6) is 0 Å². The Hall–Kier alpha value is -3.03. The van der Waals surface area contributed by atoms with Crippen LogP contribution in [0.1, 0.15) is 58.9 Å². The van der Waals surface area contributed by atoms with Crippen LogP contribution in [0, 0.1) is 17.5 Å². The monoisotopic (exact) mass is 559 g/mol. The third kappa shape index (κ3) is 6.95. The number of hydrogen-bond acceptors (Lipinski definition) is 7. The number of amides is 3. The maximum Gasteiger partial charge on any atom is 0.521 e. The summed E-state index contributed by atoms with van der Waals surface area (Å²) < 4.78 is 45.3. The fraction of sp³-hybridized carbons (Fsp3) is 0.615. The summed E-state index contributed by atoms with van der Waals surface area (Å²) in [5, 5.41) is 10.1. The van der Waals surface area contributed by atoms with Crippen LogP contribution in [0.3, 0.4) is 0 Å². The second kappa shape index (κ2) is 13.4. The number of nitrogens with two attached hydrogens (primary N) is 2. The van der Waals surface area contributed by atoms with Crippen molar-refractivity contribution in [3.8, 4) is 0 Å². The summed E-state index contributed by atoms with van der Waals surface area (Å²) in [7, 11) is 0. The minimum Gasteiger partial charge on any atom is -0.464 e. The topological polar surface area (TPSA) is 153 Å². The third-order valence-corrected chi connectivity index (χ3v) is 7.13. The van der Waals surface area contributed by atoms with E-state index in [1.165, 1.54) is 11.8 Å². The average Bonchev–Trinajstić information content (AvgIpc) is 3.19. The van der Waals surface area contributed by atoms with Crippen LogP contribution < -0.4 is 11.5 Å². The van der Waals surface area contributed by atoms with Gasteiger partial charge in [-0.25, -0.2) is 22.8 Å². The standard InChI is InChI=1S/C26H37F3N4O6/c1-5-7-22(25(36)39-6-2)32(18-8-14(3)33(13-18,26(37)38)24(35)15(4)30)23(34)11-17(31)9-16-10-20(28)21(29)12-19(16)27/h10,12,14-15,17-18,22H,5-9,11,13,30-31H2,1-4H3/p+1/t14?,15?,17-,18+,22+,33?/m1/s1. The van der Waals surface area contributed by atoms with Gasteiger partial charge in [-0.2, -0.15) is 9.28 Å². The molecule has 10 nitrogen and oxygen atoms in total. The summed E-state index contributed by atoms with van der Waals surface area (Å²) in [6.45, 7) is 6.05. The zero-order valence-corrected chi connectivity index (χ0v) is 22.7. The van der Waals surface area contributed by atoms with Gasteiger partial charge in [0.05, 0.1) is 12.6 Å². The Morgan fingerprint density at radius 3 is 2.28 bits per heavy atom. The summed E-state index contributed by atoms with van der Waals surface area (Å²) in [6.07, 6.45) is -1.41. The van der Waals surface area contributed by atoms with E-state index < -0.39 is 82.4 Å². The summed E-state index contributed by atoms with van der Waals surface area (Å²) in [4.78, 5) is 53.3. The van der Waals surface area contributed by atoms with Crippen LogP contribution >= 0.6 is 0 Å². The number of benzene rings is 1. The van der Waals surface area contributed by atoms with Gasteiger partial charge in [-0.05, 0) is 45.2 Å². The van der Waals surface area contributed by atoms with E-state index in [1.807, 2.05) is 0 Å². The van der Waals surface area contributed by atoms with Gasteiger partial charge < -0.3 is 26.2 Å². The number of imide groups is 1. The van der Waals surface area contributed by atoms with Crippen molar-refractivity contribution in [3.63, 3.8) is 0 Å². The number of hydrogen-bond donors (Lipinski definition) is 3. The van der Waals surface area contributed by atoms with Crippen LogP contribution in [0.4, 0.5) is 18.0 Å². The van der Waals surface area contributed by atoms with Gasteiger partial charge in [-0.1, -0.05) is 13.3 Å². The highest BCUT2D eigenvalue weighted by molar-refractivity contribution is 5.86. The summed E-state index contributed by atoms with van der Waals surface area (Å²) in [5.74, 6) is -5.73. The van der Waals surface area contributed by atoms with Gasteiger partial charge in [0, 0.05) is 24.9 Å². The Kier molecular flexibility index (Phi) is 11.0. The quantitative estimate of drug-likeness (QED) is 0.212. The van der Waals surface area contributed by atoms with Gasteiger partial charge in [0.2, 0.25) is 5.91 Å². The van der Waals surface area contributed by atoms with Crippen molar-refractivity contribution in [1.29, 1.82) is 0 Å². The molecule has 0 radical (unpaired) electrons. The van der Waals surface area contributed by atoms with Gasteiger partial charge in [-0.15, -0.1) is 0 Å². The highest BCUT2D eigenvalue weighted by atomic mass is 19.2. The van der Waals surface area contributed by atoms with E-state index in [-0.39, 0.29) is 38.0 Å². The van der Waals surface area contributed by atoms with Crippen molar-refractivity contribution in [2.24, 2.45) is 11.5 Å². The van der Waals surface area contributed by atoms with E-state index in [9.17, 15) is 37.5 Å². The Labute approximate surface area is 225 Å². The zero-order chi connectivity index (χ0) is 29.7. The van der Waals surface area contributed by atoms with E-state index in [0.717, 1.165) is 0 Å². The average molecular weight is 560 g/mol. The van der Waals surface area contributed by atoms with Gasteiger partial charge >= 0.3 is 18.0 Å². The molecular formula is C26H38F3N4O6+. The number of carboxylic acid groups (broad SMARTS) is 1. The maximum atomic E-state index is 14.2. The molecule has 0 aromatic heterocycles. The Bertz CT molecular complexity index is 1090. The van der Waals surface area contributed by atoms with Gasteiger partial charge in [0.1, 0.15) is 30.5 Å². The van der Waals surface area contributed by atoms with Crippen LogP contribution in [0.2, 0.25) is 0 Å². The Morgan fingerprint density at radius 2 is 1.74 bits per heavy atom. The first-order valence-corrected chi connectivity index (χ1v) is 13.0. The molecule has 5 N–H and O–H groups in total. The molecule has 1 aromatic rings. The maximum absolute atomic E-state index is 14.2. The molecule has 0 aliphatic carbocycles. The zero-order valence-electron chi connectivity index (χ0n) is 22.7. The number of ether oxygens (including phenoxy) is 1. The normalized spacial score (nSPS) is 23.1. The van der Waals surface area contributed by atoms with E-state index in [2.05, 4.69) is 0 Å². The molecule has 39 heavy (non-hydrogen) atoms. The molecule has 1 heterocycles. The fourth-order valence-electron chi connectivity index (χ4n) is 5.31. The van der Waals surface area contributed by atoms with Crippen molar-refractivity contribution in [2.45, 2.75) is 90.0 Å². The number of esters is 1. The first kappa shape index (κ1) is 32.2. The molecule has 0 spiro atoms. The molecule has 13 heteroatoms. The Morgan fingerprint density at radius 1 is 1.13 bits per heavy atom. The molecule has 218 valence electrons. The van der Waals surface area contributed by atoms with Crippen LogP contribution in [0.15, 0.2) is 12.1 Å². The third-order valence-electron chi connectivity index (χ3n) is 7.13. The largest absolute Gasteiger partial charge is 0.521 e. The lowest BCUT2D eigenvalue weighted by Gasteiger charge is -2.36. The second-order valence-corrected chi connectivity index (χ2v) is 10.1. The highest BCUT2D eigenvalue weighted by Crippen LogP contribution is 2.34. The summed E-state index contributed by atoms with van der Waals surface area (Å²) in [5.41, 5.74) is 11.7. The predicted molar refractivity (Wildman–Crippen MR) is 134 cm³/mol. The number of likely N-dealkylation sites (tertiary alicyclic amines) is 1. The van der Waals surface area contributed by atoms with E-state index in [1.54, 1.807) is 20.8 Å².